The van der Waals surface area contributed by atoms with Crippen LogP contribution in [0.15, 0.2) is 0 Å². The van der Waals surface area contributed by atoms with E-state index in [4.69, 9.17) is 1.28 Å². The van der Waals surface area contributed by atoms with Crippen molar-refractivity contribution in [1.82, 2.24) is 21.3 Å². The minimum absolute atomic E-state index is 0.684. The summed E-state index contributed by atoms with van der Waals surface area (Å²) in [5, 5.41) is 13.9. The van der Waals surface area contributed by atoms with Crippen molar-refractivity contribution in [2.45, 2.75) is 52.4 Å². The van der Waals surface area contributed by atoms with Gasteiger partial charge in [-0.15, -0.1) is 10.1 Å². The average Bonchev–Trinajstić information content (AvgIpc) is 2.62. The van der Waals surface area contributed by atoms with Gasteiger partial charge in [0.1, 0.15) is 1.28 Å². The second-order valence-corrected chi connectivity index (χ2v) is 9.26. The molecule has 0 fully saturated rings. The molecule has 4 nitrogen and oxygen atoms in total. The second-order valence-electron chi connectivity index (χ2n) is 5.68. The fourth-order valence-corrected chi connectivity index (χ4v) is 2.03. The van der Waals surface area contributed by atoms with Crippen LogP contribution < -0.4 is 21.3 Å². The predicted octanol–water partition coefficient (Wildman–Crippen LogP) is 3.34. The molecule has 4 N–H and O–H groups in total. The van der Waals surface area contributed by atoms with Crippen molar-refractivity contribution in [2.75, 3.05) is 59.0 Å². The molecule has 146 valence electrons. The van der Waals surface area contributed by atoms with Crippen molar-refractivity contribution >= 4 is 25.4 Å². The molecule has 0 aromatic carbocycles. The van der Waals surface area contributed by atoms with Crippen LogP contribution in [0.2, 0.25) is 0 Å². The molecule has 0 amide bonds. The molecule has 0 aliphatic carbocycles. The Kier molecular flexibility index (Phi) is 29.2. The van der Waals surface area contributed by atoms with Crippen molar-refractivity contribution in [2.24, 2.45) is 0 Å². The number of unbranched alkanes of at least 4 members (excludes halogenated alkanes) is 1. The molecule has 0 rings (SSSR count). The van der Waals surface area contributed by atoms with Crippen molar-refractivity contribution < 1.29 is 0 Å². The first-order chi connectivity index (χ1) is 12.3. The average molecular weight is 398 g/mol. The molecule has 0 aliphatic heterocycles. The van der Waals surface area contributed by atoms with Crippen LogP contribution in [0.1, 0.15) is 52.4 Å². The maximum Gasteiger partial charge on any atom is 0.105 e. The normalized spacial score (nSPS) is 11.2. The molecule has 0 unspecified atom stereocenters. The monoisotopic (exact) mass is 397 g/mol. The van der Waals surface area contributed by atoms with Crippen molar-refractivity contribution in [3.63, 3.8) is 0 Å². The first-order valence-corrected chi connectivity index (χ1v) is 13.4. The van der Waals surface area contributed by atoms with Crippen LogP contribution in [0.3, 0.4) is 0 Å². The molecule has 7 heteroatoms. The number of nitrogens with one attached hydrogen (secondary N) is 4. The quantitative estimate of drug-likeness (QED) is 0.225. The molecular weight excluding hydrogens is 354 g/mol. The molecule has 0 aliphatic rings. The molecule has 0 bridgehead atoms. The Morgan fingerprint density at radius 1 is 0.708 bits per heavy atom. The lowest BCUT2D eigenvalue weighted by Gasteiger charge is -2.07. The zero-order valence-corrected chi connectivity index (χ0v) is 18.8. The summed E-state index contributed by atoms with van der Waals surface area (Å²) in [7, 11) is 3.50. The molecule has 0 saturated heterocycles. The van der Waals surface area contributed by atoms with Gasteiger partial charge in [-0.25, -0.2) is 0 Å². The molecule has 0 saturated carbocycles. The summed E-state index contributed by atoms with van der Waals surface area (Å²) in [5.74, 6) is 0. The highest BCUT2D eigenvalue weighted by molar-refractivity contribution is 8.21. The van der Waals surface area contributed by atoms with Gasteiger partial charge in [-0.3, -0.25) is 0 Å². The van der Waals surface area contributed by atoms with Gasteiger partial charge in [0, 0.05) is 0 Å². The minimum Gasteiger partial charge on any atom is -0.317 e. The first kappa shape index (κ1) is 24.7. The molecule has 24 heavy (non-hydrogen) atoms. The van der Waals surface area contributed by atoms with Gasteiger partial charge in [0.25, 0.3) is 0 Å². The van der Waals surface area contributed by atoms with Crippen LogP contribution in [0.5, 0.6) is 0 Å². The standard InChI is InChI=1S/C16H38N4.CH4P2S/c1-3-9-17-13-7-15-19-11-5-6-12-20-16-8-14-18-10-4-2;1-3-4-2/h17-20H,3-16H2,1-2H3;2H,1H3/i;2D. The van der Waals surface area contributed by atoms with Crippen molar-refractivity contribution in [3.8, 4) is 0 Å². The van der Waals surface area contributed by atoms with Crippen LogP contribution >= 0.6 is 15.3 Å². The largest absolute Gasteiger partial charge is 0.317 e. The number of hydrogen-bond donors (Lipinski definition) is 4. The summed E-state index contributed by atoms with van der Waals surface area (Å²) in [4.78, 5) is 0. The van der Waals surface area contributed by atoms with Crippen LogP contribution in [-0.4, -0.2) is 60.3 Å². The third-order valence-corrected chi connectivity index (χ3v) is 5.43. The van der Waals surface area contributed by atoms with E-state index in [2.05, 4.69) is 35.1 Å². The summed E-state index contributed by atoms with van der Waals surface area (Å²) in [6.45, 7) is 15.7. The molecule has 0 spiro atoms. The summed E-state index contributed by atoms with van der Waals surface area (Å²) < 4.78 is 6.53. The molecule has 0 aromatic heterocycles. The molecular formula is C17H42N4P2S. The van der Waals surface area contributed by atoms with Gasteiger partial charge in [-0.1, -0.05) is 21.8 Å². The SMILES string of the molecule is CCCNCCCNCCCCNCCCNCCC.[2H]P=S=PC. The van der Waals surface area contributed by atoms with E-state index < -0.39 is 0 Å². The number of rotatable bonds is 17. The lowest BCUT2D eigenvalue weighted by molar-refractivity contribution is 0.547. The summed E-state index contributed by atoms with van der Waals surface area (Å²) >= 11 is 0. The Bertz CT molecular complexity index is 270. The topological polar surface area (TPSA) is 48.1 Å². The summed E-state index contributed by atoms with van der Waals surface area (Å²) in [6, 6.07) is 0. The fraction of sp³-hybridized carbons (Fsp3) is 1.00. The maximum atomic E-state index is 6.53. The molecule has 0 radical (unpaired) electrons. The highest BCUT2D eigenvalue weighted by Gasteiger charge is 1.91. The lowest BCUT2D eigenvalue weighted by atomic mass is 10.3. The van der Waals surface area contributed by atoms with Gasteiger partial charge >= 0.3 is 0 Å². The van der Waals surface area contributed by atoms with Gasteiger partial charge in [-0.05, 0) is 105 Å². The zero-order chi connectivity index (χ0) is 18.8. The van der Waals surface area contributed by atoms with Gasteiger partial charge in [-0.2, -0.15) is 0 Å². The maximum absolute atomic E-state index is 6.53. The molecule has 0 atom stereocenters. The van der Waals surface area contributed by atoms with E-state index in [1.807, 2.05) is 6.66 Å². The van der Waals surface area contributed by atoms with E-state index in [9.17, 15) is 0 Å². The Morgan fingerprint density at radius 2 is 1.08 bits per heavy atom. The van der Waals surface area contributed by atoms with Gasteiger partial charge in [0.2, 0.25) is 0 Å². The van der Waals surface area contributed by atoms with E-state index in [0.29, 0.717) is 7.96 Å². The van der Waals surface area contributed by atoms with Crippen LogP contribution in [0.25, 0.3) is 0 Å². The van der Waals surface area contributed by atoms with Crippen LogP contribution in [0.4, 0.5) is 0 Å². The first-order valence-electron chi connectivity index (χ1n) is 10.0. The van der Waals surface area contributed by atoms with E-state index in [0.717, 1.165) is 52.4 Å². The third kappa shape index (κ3) is 30.5. The summed E-state index contributed by atoms with van der Waals surface area (Å²) in [6.07, 6.45) is 7.50. The Hall–Kier alpha value is 0.660. The van der Waals surface area contributed by atoms with E-state index in [1.165, 1.54) is 45.9 Å². The van der Waals surface area contributed by atoms with Gasteiger partial charge < -0.3 is 21.3 Å². The highest BCUT2D eigenvalue weighted by Crippen LogP contribution is 1.86. The minimum atomic E-state index is 0.684. The Labute approximate surface area is 159 Å². The zero-order valence-electron chi connectivity index (χ0n) is 17.2. The molecule has 0 heterocycles. The molecule has 0 aromatic rings. The fourth-order valence-electron chi connectivity index (χ4n) is 2.03. The smallest absolute Gasteiger partial charge is 0.105 e. The van der Waals surface area contributed by atoms with Gasteiger partial charge in [0.05, 0.1) is 0 Å². The van der Waals surface area contributed by atoms with Crippen molar-refractivity contribution in [3.05, 3.63) is 0 Å². The van der Waals surface area contributed by atoms with Crippen molar-refractivity contribution in [1.29, 1.82) is 1.28 Å². The highest BCUT2D eigenvalue weighted by atomic mass is 32.7. The number of hydrogen-bond acceptors (Lipinski definition) is 4. The summed E-state index contributed by atoms with van der Waals surface area (Å²) in [5.41, 5.74) is 0. The van der Waals surface area contributed by atoms with Gasteiger partial charge in [0.15, 0.2) is 0 Å². The van der Waals surface area contributed by atoms with E-state index in [-0.39, 0.29) is 0 Å². The second kappa shape index (κ2) is 28.5. The van der Waals surface area contributed by atoms with E-state index in [1.54, 1.807) is 10.1 Å². The van der Waals surface area contributed by atoms with Crippen LogP contribution in [-0.2, 0) is 10.1 Å². The van der Waals surface area contributed by atoms with E-state index >= 15 is 0 Å². The Morgan fingerprint density at radius 3 is 1.38 bits per heavy atom. The lowest BCUT2D eigenvalue weighted by Crippen LogP contribution is -2.25. The predicted molar refractivity (Wildman–Crippen MR) is 119 cm³/mol. The van der Waals surface area contributed by atoms with Crippen LogP contribution in [0, 0.1) is 0 Å². The third-order valence-electron chi connectivity index (χ3n) is 3.31. The Balaban J connectivity index is 0.